The maximum atomic E-state index is 4.58. The Balaban J connectivity index is 0.000000143. The molecule has 6 heterocycles. The van der Waals surface area contributed by atoms with E-state index in [1.54, 1.807) is 0 Å². The number of hydrogen-bond acceptors (Lipinski definition) is 6. The lowest BCUT2D eigenvalue weighted by Gasteiger charge is -2.29. The van der Waals surface area contributed by atoms with Gasteiger partial charge < -0.3 is 18.9 Å². The van der Waals surface area contributed by atoms with Gasteiger partial charge in [-0.3, -0.25) is 19.9 Å². The van der Waals surface area contributed by atoms with Crippen LogP contribution in [0, 0.1) is 0 Å². The first-order valence-corrected chi connectivity index (χ1v) is 49.1. The van der Waals surface area contributed by atoms with Crippen LogP contribution < -0.4 is 9.80 Å². The molecule has 672 valence electrons. The SMILES string of the molecule is c1ccc(N(c2ccc(-n3c4ccccc4c4ccccc43)cc2)c2ccc3c(-c4ccc(-c5ccc6ncccc6c5)cc4)c4ccccc4c(-c4ccc(-c5ccc6ncccc6c5)cc4)c3c2)cc1.c1ccc(N(c2ccc(-n3c4ccccc4c4ccccc43)cc2)c2cccc3c(-c4ccc(-c5ccc6ncccc6c5)cc4)c4ccccc4c(-c4ccc(-c5ccc6ncccc6c5)cc4)c23)cc1. The quantitative estimate of drug-likeness (QED) is 0.0898. The third-order valence-electron chi connectivity index (χ3n) is 28.9. The van der Waals surface area contributed by atoms with Crippen LogP contribution in [0.25, 0.3) is 231 Å². The molecule has 0 aliphatic rings. The van der Waals surface area contributed by atoms with E-state index < -0.39 is 0 Å². The van der Waals surface area contributed by atoms with Gasteiger partial charge in [0.05, 0.1) is 49.8 Å². The van der Waals surface area contributed by atoms with Crippen LogP contribution in [0.15, 0.2) is 534 Å². The van der Waals surface area contributed by atoms with Crippen molar-refractivity contribution in [3.05, 3.63) is 534 Å². The van der Waals surface area contributed by atoms with Crippen molar-refractivity contribution in [1.82, 2.24) is 29.1 Å². The van der Waals surface area contributed by atoms with Crippen molar-refractivity contribution in [2.75, 3.05) is 9.80 Å². The Labute approximate surface area is 832 Å². The monoisotopic (exact) mass is 1830 g/mol. The summed E-state index contributed by atoms with van der Waals surface area (Å²) in [5, 5.41) is 19.1. The summed E-state index contributed by atoms with van der Waals surface area (Å²) < 4.78 is 4.77. The van der Waals surface area contributed by atoms with Crippen molar-refractivity contribution >= 4 is 164 Å². The highest BCUT2D eigenvalue weighted by molar-refractivity contribution is 6.26. The summed E-state index contributed by atoms with van der Waals surface area (Å²) in [6.07, 6.45) is 7.41. The molecule has 28 aromatic rings. The van der Waals surface area contributed by atoms with Gasteiger partial charge in [0.15, 0.2) is 0 Å². The average molecular weight is 1830 g/mol. The van der Waals surface area contributed by atoms with E-state index in [1.165, 1.54) is 137 Å². The Kier molecular flexibility index (Phi) is 20.8. The standard InChI is InChI=1S/2C68H44N4/c1-2-15-53(16-3-1)71(54-35-37-55(38-36-54)72-63-22-8-6-17-56(63)57-18-7-9-23-64(57)72)65-24-10-21-60-66(47-29-25-45(26-30-47)49-33-39-61-51(43-49)13-11-41-69-61)58-19-4-5-20-59(58)67(68(60)65)48-31-27-46(28-32-48)50-34-40-62-52(44-50)14-12-42-70-62;1-2-14-53(15-3-1)71(54-32-34-55(35-33-54)72-65-20-8-6-16-57(65)58-17-7-9-21-66(58)72)56-36-37-61-62(44-56)68(48-28-24-46(25-29-48)50-31-39-64-52(43-50)13-11-41-70-64)60-19-5-4-18-59(60)67(61)47-26-22-45(23-27-47)49-30-38-63-51(42-49)12-10-40-69-63/h2*1-44H. The summed E-state index contributed by atoms with van der Waals surface area (Å²) in [4.78, 5) is 23.1. The number of nitrogens with zero attached hydrogens (tertiary/aromatic N) is 8. The fourth-order valence-corrected chi connectivity index (χ4v) is 22.2. The second-order valence-electron chi connectivity index (χ2n) is 37.1. The van der Waals surface area contributed by atoms with Gasteiger partial charge in [0.1, 0.15) is 0 Å². The van der Waals surface area contributed by atoms with Gasteiger partial charge >= 0.3 is 0 Å². The highest BCUT2D eigenvalue weighted by atomic mass is 15.2. The number of benzene rings is 22. The zero-order chi connectivity index (χ0) is 95.1. The lowest BCUT2D eigenvalue weighted by atomic mass is 9.84. The second-order valence-corrected chi connectivity index (χ2v) is 37.1. The summed E-state index contributed by atoms with van der Waals surface area (Å²) >= 11 is 0. The van der Waals surface area contributed by atoms with E-state index in [-0.39, 0.29) is 0 Å². The van der Waals surface area contributed by atoms with Crippen LogP contribution in [0.2, 0.25) is 0 Å². The van der Waals surface area contributed by atoms with Crippen molar-refractivity contribution in [3.8, 4) is 100 Å². The van der Waals surface area contributed by atoms with Gasteiger partial charge in [0.2, 0.25) is 0 Å². The van der Waals surface area contributed by atoms with Gasteiger partial charge in [-0.15, -0.1) is 0 Å². The summed E-state index contributed by atoms with van der Waals surface area (Å²) in [6, 6.07) is 185. The molecule has 0 unspecified atom stereocenters. The van der Waals surface area contributed by atoms with Crippen molar-refractivity contribution < 1.29 is 0 Å². The molecule has 22 aromatic carbocycles. The number of para-hydroxylation sites is 6. The average Bonchev–Trinajstić information content (AvgIpc) is 1.02. The number of anilines is 6. The first kappa shape index (κ1) is 84.0. The fraction of sp³-hybridized carbons (Fsp3) is 0. The van der Waals surface area contributed by atoms with Crippen LogP contribution in [0.1, 0.15) is 0 Å². The van der Waals surface area contributed by atoms with Crippen LogP contribution in [-0.2, 0) is 0 Å². The van der Waals surface area contributed by atoms with Crippen molar-refractivity contribution in [2.24, 2.45) is 0 Å². The molecule has 0 aliphatic carbocycles. The van der Waals surface area contributed by atoms with E-state index in [4.69, 9.17) is 0 Å². The van der Waals surface area contributed by atoms with Crippen LogP contribution in [0.4, 0.5) is 34.1 Å². The van der Waals surface area contributed by atoms with Crippen LogP contribution >= 0.6 is 0 Å². The van der Waals surface area contributed by atoms with Crippen LogP contribution in [-0.4, -0.2) is 29.1 Å². The van der Waals surface area contributed by atoms with Crippen molar-refractivity contribution in [1.29, 1.82) is 0 Å². The first-order valence-electron chi connectivity index (χ1n) is 49.1. The molecular formula is C136H88N8. The minimum absolute atomic E-state index is 0.994. The molecule has 0 saturated heterocycles. The lowest BCUT2D eigenvalue weighted by Crippen LogP contribution is -2.11. The van der Waals surface area contributed by atoms with Gasteiger partial charge in [-0.2, -0.15) is 0 Å². The van der Waals surface area contributed by atoms with Gasteiger partial charge in [0, 0.05) is 113 Å². The third kappa shape index (κ3) is 14.9. The van der Waals surface area contributed by atoms with E-state index in [2.05, 4.69) is 524 Å². The molecule has 8 nitrogen and oxygen atoms in total. The highest BCUT2D eigenvalue weighted by Gasteiger charge is 2.27. The van der Waals surface area contributed by atoms with Gasteiger partial charge in [-0.05, 0) is 315 Å². The molecule has 0 amide bonds. The maximum Gasteiger partial charge on any atom is 0.0702 e. The zero-order valence-corrected chi connectivity index (χ0v) is 78.4. The Morgan fingerprint density at radius 3 is 0.785 bits per heavy atom. The minimum atomic E-state index is 0.994. The molecular weight excluding hydrogens is 1750 g/mol. The van der Waals surface area contributed by atoms with Crippen molar-refractivity contribution in [2.45, 2.75) is 0 Å². The van der Waals surface area contributed by atoms with Gasteiger partial charge in [-0.1, -0.05) is 322 Å². The summed E-state index contributed by atoms with van der Waals surface area (Å²) in [7, 11) is 0. The Morgan fingerprint density at radius 1 is 0.153 bits per heavy atom. The summed E-state index contributed by atoms with van der Waals surface area (Å²) in [5.74, 6) is 0. The molecule has 0 fully saturated rings. The zero-order valence-electron chi connectivity index (χ0n) is 78.4. The Hall–Kier alpha value is -19.3. The molecule has 144 heavy (non-hydrogen) atoms. The van der Waals surface area contributed by atoms with E-state index >= 15 is 0 Å². The largest absolute Gasteiger partial charge is 0.310 e. The first-order chi connectivity index (χ1) is 71.4. The molecule has 0 radical (unpaired) electrons. The third-order valence-corrected chi connectivity index (χ3v) is 28.9. The smallest absolute Gasteiger partial charge is 0.0702 e. The van der Waals surface area contributed by atoms with Crippen molar-refractivity contribution in [3.63, 3.8) is 0 Å². The van der Waals surface area contributed by atoms with E-state index in [0.29, 0.717) is 0 Å². The molecule has 0 bridgehead atoms. The highest BCUT2D eigenvalue weighted by Crippen LogP contribution is 2.53. The fourth-order valence-electron chi connectivity index (χ4n) is 22.2. The topological polar surface area (TPSA) is 67.9 Å². The Morgan fingerprint density at radius 2 is 0.417 bits per heavy atom. The van der Waals surface area contributed by atoms with E-state index in [1.807, 2.05) is 49.1 Å². The van der Waals surface area contributed by atoms with E-state index in [0.717, 1.165) is 128 Å². The lowest BCUT2D eigenvalue weighted by molar-refractivity contribution is 1.17. The Bertz CT molecular complexity index is 9620. The molecule has 0 saturated carbocycles. The van der Waals surface area contributed by atoms with Crippen LogP contribution in [0.3, 0.4) is 0 Å². The van der Waals surface area contributed by atoms with Gasteiger partial charge in [0.25, 0.3) is 0 Å². The number of hydrogen-bond donors (Lipinski definition) is 0. The molecule has 6 aromatic heterocycles. The minimum Gasteiger partial charge on any atom is -0.310 e. The van der Waals surface area contributed by atoms with Gasteiger partial charge in [-0.25, -0.2) is 0 Å². The number of fused-ring (bicyclic) bond motifs is 14. The summed E-state index contributed by atoms with van der Waals surface area (Å²) in [5.41, 5.74) is 36.2. The second kappa shape index (κ2) is 35.6. The molecule has 8 heteroatoms. The maximum absolute atomic E-state index is 4.58. The normalized spacial score (nSPS) is 11.6. The predicted molar refractivity (Wildman–Crippen MR) is 606 cm³/mol. The summed E-state index contributed by atoms with van der Waals surface area (Å²) in [6.45, 7) is 0. The molecule has 0 spiro atoms. The molecule has 0 N–H and O–H groups in total. The number of pyridine rings is 4. The van der Waals surface area contributed by atoms with Crippen LogP contribution in [0.5, 0.6) is 0 Å². The predicted octanol–water partition coefficient (Wildman–Crippen LogP) is 36.6. The molecule has 0 atom stereocenters. The molecule has 0 aliphatic heterocycles. The number of rotatable bonds is 16. The molecule has 28 rings (SSSR count). The van der Waals surface area contributed by atoms with E-state index in [9.17, 15) is 0 Å². The number of aromatic nitrogens is 6.